The maximum atomic E-state index is 13.9. The number of hydrogen-bond acceptors (Lipinski definition) is 4. The molecule has 0 aromatic heterocycles. The number of rotatable bonds is 7. The number of carbonyl (C=O) groups is 2. The van der Waals surface area contributed by atoms with Crippen molar-refractivity contribution in [1.29, 1.82) is 0 Å². The van der Waals surface area contributed by atoms with E-state index in [9.17, 15) is 27.9 Å². The molecular formula is C24H21Cl2F3N2O3. The number of benzene rings is 2. The maximum absolute atomic E-state index is 13.9. The number of ketones is 1. The lowest BCUT2D eigenvalue weighted by Crippen LogP contribution is -2.44. The molecule has 3 rings (SSSR count). The fraction of sp³-hybridized carbons (Fsp3) is 0.250. The number of amides is 1. The predicted octanol–water partition coefficient (Wildman–Crippen LogP) is 5.40. The van der Waals surface area contributed by atoms with E-state index in [0.29, 0.717) is 12.1 Å². The second-order valence-electron chi connectivity index (χ2n) is 7.85. The molecule has 0 radical (unpaired) electrons. The number of alkyl halides is 3. The molecule has 2 N–H and O–H groups in total. The maximum Gasteiger partial charge on any atom is 0.421 e. The zero-order valence-corrected chi connectivity index (χ0v) is 19.5. The van der Waals surface area contributed by atoms with Crippen LogP contribution < -0.4 is 5.32 Å². The Hall–Kier alpha value is -2.81. The fourth-order valence-electron chi connectivity index (χ4n) is 3.48. The van der Waals surface area contributed by atoms with E-state index in [4.69, 9.17) is 23.2 Å². The molecule has 34 heavy (non-hydrogen) atoms. The number of nitrogens with zero attached hydrogens (tertiary/aromatic N) is 1. The number of carbonyl (C=O) groups excluding carboxylic acids is 2. The van der Waals surface area contributed by atoms with E-state index >= 15 is 0 Å². The Labute approximate surface area is 204 Å². The number of nitrogens with one attached hydrogen (secondary N) is 1. The van der Waals surface area contributed by atoms with Crippen molar-refractivity contribution in [1.82, 2.24) is 10.2 Å². The molecule has 1 amide bonds. The van der Waals surface area contributed by atoms with Crippen LogP contribution in [-0.4, -0.2) is 41.1 Å². The molecule has 0 spiro atoms. The first kappa shape index (κ1) is 25.8. The van der Waals surface area contributed by atoms with Crippen LogP contribution in [0.4, 0.5) is 13.2 Å². The van der Waals surface area contributed by atoms with Crippen LogP contribution in [0.3, 0.4) is 0 Å². The molecule has 1 atom stereocenters. The molecule has 10 heteroatoms. The van der Waals surface area contributed by atoms with Crippen LogP contribution in [0.5, 0.6) is 0 Å². The number of allylic oxidation sites excluding steroid dienone is 2. The predicted molar refractivity (Wildman–Crippen MR) is 124 cm³/mol. The smallest absolute Gasteiger partial charge is 0.376 e. The zero-order valence-electron chi connectivity index (χ0n) is 18.0. The first-order chi connectivity index (χ1) is 15.9. The average Bonchev–Trinajstić information content (AvgIpc) is 2.76. The fourth-order valence-corrected chi connectivity index (χ4v) is 4.00. The van der Waals surface area contributed by atoms with Crippen molar-refractivity contribution in [3.05, 3.63) is 93.1 Å². The van der Waals surface area contributed by atoms with E-state index in [1.807, 2.05) is 29.3 Å². The average molecular weight is 513 g/mol. The van der Waals surface area contributed by atoms with E-state index < -0.39 is 29.5 Å². The van der Waals surface area contributed by atoms with Gasteiger partial charge in [-0.15, -0.1) is 0 Å². The zero-order chi connectivity index (χ0) is 25.1. The minimum atomic E-state index is -5.18. The monoisotopic (exact) mass is 512 g/mol. The van der Waals surface area contributed by atoms with Gasteiger partial charge in [0, 0.05) is 33.9 Å². The Kier molecular flexibility index (Phi) is 7.75. The normalized spacial score (nSPS) is 15.2. The van der Waals surface area contributed by atoms with Crippen molar-refractivity contribution in [2.45, 2.75) is 25.1 Å². The van der Waals surface area contributed by atoms with Crippen molar-refractivity contribution in [3.8, 4) is 0 Å². The Morgan fingerprint density at radius 1 is 1.09 bits per heavy atom. The van der Waals surface area contributed by atoms with Gasteiger partial charge < -0.3 is 15.3 Å². The van der Waals surface area contributed by atoms with Gasteiger partial charge in [-0.05, 0) is 54.5 Å². The summed E-state index contributed by atoms with van der Waals surface area (Å²) in [4.78, 5) is 27.2. The van der Waals surface area contributed by atoms with Crippen molar-refractivity contribution < 1.29 is 27.9 Å². The van der Waals surface area contributed by atoms with E-state index in [1.54, 1.807) is 6.92 Å². The highest BCUT2D eigenvalue weighted by molar-refractivity contribution is 6.34. The molecule has 0 saturated heterocycles. The molecule has 0 saturated carbocycles. The second kappa shape index (κ2) is 10.2. The summed E-state index contributed by atoms with van der Waals surface area (Å²) >= 11 is 11.6. The van der Waals surface area contributed by atoms with Gasteiger partial charge in [-0.1, -0.05) is 41.4 Å². The minimum absolute atomic E-state index is 0.0750. The molecule has 0 aliphatic carbocycles. The standard InChI is InChI=1S/C24H21Cl2F3N2O3/c1-15-9-16(5-6-20(15)22(33)30-14-31-7-3-2-4-8-31)21(32)13-23(34,24(27,28)29)17-10-18(25)12-19(26)11-17/h2-7,9-12,34H,8,13-14H2,1H3,(H,30,33). The highest BCUT2D eigenvalue weighted by Crippen LogP contribution is 2.43. The topological polar surface area (TPSA) is 69.6 Å². The first-order valence-electron chi connectivity index (χ1n) is 10.2. The van der Waals surface area contributed by atoms with E-state index in [1.165, 1.54) is 24.3 Å². The minimum Gasteiger partial charge on any atom is -0.376 e. The molecule has 1 aliphatic rings. The summed E-state index contributed by atoms with van der Waals surface area (Å²) in [7, 11) is 0. The van der Waals surface area contributed by atoms with E-state index in [-0.39, 0.29) is 33.7 Å². The summed E-state index contributed by atoms with van der Waals surface area (Å²) in [5.74, 6) is -1.35. The molecule has 0 bridgehead atoms. The number of halogens is 5. The van der Waals surface area contributed by atoms with Gasteiger partial charge in [-0.2, -0.15) is 13.2 Å². The van der Waals surface area contributed by atoms with Gasteiger partial charge in [0.05, 0.1) is 13.1 Å². The summed E-state index contributed by atoms with van der Waals surface area (Å²) in [5.41, 5.74) is -3.53. The third kappa shape index (κ3) is 5.81. The van der Waals surface area contributed by atoms with Crippen LogP contribution in [0.25, 0.3) is 0 Å². The lowest BCUT2D eigenvalue weighted by atomic mass is 9.86. The number of aryl methyl sites for hydroxylation is 1. The lowest BCUT2D eigenvalue weighted by Gasteiger charge is -2.30. The molecule has 180 valence electrons. The van der Waals surface area contributed by atoms with Gasteiger partial charge in [0.25, 0.3) is 5.91 Å². The summed E-state index contributed by atoms with van der Waals surface area (Å²) in [6, 6.07) is 7.00. The van der Waals surface area contributed by atoms with E-state index in [0.717, 1.165) is 12.1 Å². The van der Waals surface area contributed by atoms with Crippen molar-refractivity contribution in [2.75, 3.05) is 13.2 Å². The number of hydrogen-bond donors (Lipinski definition) is 2. The van der Waals surface area contributed by atoms with E-state index in [2.05, 4.69) is 5.32 Å². The molecule has 2 aromatic carbocycles. The van der Waals surface area contributed by atoms with Crippen LogP contribution in [0.15, 0.2) is 60.8 Å². The first-order valence-corrected chi connectivity index (χ1v) is 10.9. The molecule has 5 nitrogen and oxygen atoms in total. The van der Waals surface area contributed by atoms with Crippen LogP contribution in [0.2, 0.25) is 10.0 Å². The van der Waals surface area contributed by atoms with Crippen molar-refractivity contribution in [3.63, 3.8) is 0 Å². The van der Waals surface area contributed by atoms with Crippen LogP contribution in [0, 0.1) is 6.92 Å². The van der Waals surface area contributed by atoms with Gasteiger partial charge in [0.15, 0.2) is 11.4 Å². The Balaban J connectivity index is 1.79. The molecule has 0 fully saturated rings. The highest BCUT2D eigenvalue weighted by atomic mass is 35.5. The molecule has 2 aromatic rings. The van der Waals surface area contributed by atoms with Crippen molar-refractivity contribution in [2.24, 2.45) is 0 Å². The third-order valence-corrected chi connectivity index (χ3v) is 5.78. The Morgan fingerprint density at radius 2 is 1.76 bits per heavy atom. The molecule has 1 heterocycles. The highest BCUT2D eigenvalue weighted by Gasteiger charge is 2.56. The van der Waals surface area contributed by atoms with Gasteiger partial charge in [-0.25, -0.2) is 0 Å². The van der Waals surface area contributed by atoms with Gasteiger partial charge in [0.2, 0.25) is 0 Å². The van der Waals surface area contributed by atoms with Crippen LogP contribution in [0.1, 0.15) is 38.3 Å². The molecule has 1 unspecified atom stereocenters. The quantitative estimate of drug-likeness (QED) is 0.487. The lowest BCUT2D eigenvalue weighted by molar-refractivity contribution is -0.264. The number of aliphatic hydroxyl groups is 1. The summed E-state index contributed by atoms with van der Waals surface area (Å²) in [5, 5.41) is 13.1. The Bertz CT molecular complexity index is 1140. The number of Topliss-reactive ketones (excluding diaryl/α,β-unsaturated/α-hetero) is 1. The second-order valence-corrected chi connectivity index (χ2v) is 8.72. The summed E-state index contributed by atoms with van der Waals surface area (Å²) in [6.45, 7) is 2.48. The van der Waals surface area contributed by atoms with Gasteiger partial charge >= 0.3 is 6.18 Å². The molecule has 1 aliphatic heterocycles. The SMILES string of the molecule is Cc1cc(C(=O)CC(O)(c2cc(Cl)cc(Cl)c2)C(F)(F)F)ccc1C(=O)NCN1C=CC=CC1. The van der Waals surface area contributed by atoms with Gasteiger partial charge in [-0.3, -0.25) is 9.59 Å². The van der Waals surface area contributed by atoms with Gasteiger partial charge in [0.1, 0.15) is 0 Å². The van der Waals surface area contributed by atoms with Crippen LogP contribution in [-0.2, 0) is 5.60 Å². The largest absolute Gasteiger partial charge is 0.421 e. The Morgan fingerprint density at radius 3 is 2.32 bits per heavy atom. The van der Waals surface area contributed by atoms with Crippen molar-refractivity contribution >= 4 is 34.9 Å². The van der Waals surface area contributed by atoms with Crippen LogP contribution >= 0.6 is 23.2 Å². The summed E-state index contributed by atoms with van der Waals surface area (Å²) in [6.07, 6.45) is 1.01. The molecular weight excluding hydrogens is 492 g/mol. The summed E-state index contributed by atoms with van der Waals surface area (Å²) < 4.78 is 41.6. The third-order valence-electron chi connectivity index (χ3n) is 5.35.